The number of aliphatic carboxylic acids is 2. The number of carbonyl (C=O) groups excluding carboxylic acids is 1. The molecule has 1 aromatic heterocycles. The smallest absolute Gasteiger partial charge is 0.414 e. The number of benzene rings is 1. The molecule has 1 amide bonds. The van der Waals surface area contributed by atoms with Crippen LogP contribution in [0.5, 0.6) is 0 Å². The molecular weight excluding hydrogens is 375 g/mol. The van der Waals surface area contributed by atoms with Crippen LogP contribution < -0.4 is 0 Å². The summed E-state index contributed by atoms with van der Waals surface area (Å²) in [6.45, 7) is 3.57. The molecule has 1 aliphatic rings. The van der Waals surface area contributed by atoms with Gasteiger partial charge in [0, 0.05) is 38.3 Å². The van der Waals surface area contributed by atoms with Crippen molar-refractivity contribution in [3.63, 3.8) is 0 Å². The summed E-state index contributed by atoms with van der Waals surface area (Å²) < 4.78 is 13.6. The molecule has 1 aliphatic heterocycles. The third-order valence-electron chi connectivity index (χ3n) is 3.93. The van der Waals surface area contributed by atoms with Gasteiger partial charge in [-0.2, -0.15) is 0 Å². The highest BCUT2D eigenvalue weighted by Gasteiger charge is 2.23. The fourth-order valence-corrected chi connectivity index (χ4v) is 3.22. The monoisotopic (exact) mass is 394 g/mol. The van der Waals surface area contributed by atoms with E-state index in [2.05, 4.69) is 4.90 Å². The molecule has 7 nitrogen and oxygen atoms in total. The van der Waals surface area contributed by atoms with Crippen LogP contribution in [0.2, 0.25) is 0 Å². The van der Waals surface area contributed by atoms with Gasteiger partial charge in [-0.05, 0) is 17.5 Å². The summed E-state index contributed by atoms with van der Waals surface area (Å²) in [4.78, 5) is 35.3. The Balaban J connectivity index is 0.000000380. The number of carboxylic acids is 2. The third kappa shape index (κ3) is 6.15. The van der Waals surface area contributed by atoms with Crippen molar-refractivity contribution in [2.75, 3.05) is 26.2 Å². The van der Waals surface area contributed by atoms with Crippen molar-refractivity contribution in [2.45, 2.75) is 6.54 Å². The Morgan fingerprint density at radius 3 is 2.11 bits per heavy atom. The quantitative estimate of drug-likeness (QED) is 0.773. The lowest BCUT2D eigenvalue weighted by atomic mass is 10.2. The van der Waals surface area contributed by atoms with Crippen LogP contribution in [0.4, 0.5) is 4.39 Å². The van der Waals surface area contributed by atoms with E-state index in [4.69, 9.17) is 19.8 Å². The van der Waals surface area contributed by atoms with Crippen molar-refractivity contribution < 1.29 is 29.0 Å². The molecule has 2 N–H and O–H groups in total. The molecule has 0 radical (unpaired) electrons. The van der Waals surface area contributed by atoms with Crippen LogP contribution in [0.25, 0.3) is 0 Å². The molecule has 144 valence electrons. The number of hydrogen-bond acceptors (Lipinski definition) is 5. The highest BCUT2D eigenvalue weighted by molar-refractivity contribution is 7.12. The predicted molar refractivity (Wildman–Crippen MR) is 97.2 cm³/mol. The first-order valence-corrected chi connectivity index (χ1v) is 9.01. The number of nitrogens with zero attached hydrogens (tertiary/aromatic N) is 2. The molecule has 3 rings (SSSR count). The van der Waals surface area contributed by atoms with E-state index in [1.165, 1.54) is 17.4 Å². The molecule has 1 aromatic carbocycles. The fraction of sp³-hybridized carbons (Fsp3) is 0.278. The minimum Gasteiger partial charge on any atom is -0.473 e. The van der Waals surface area contributed by atoms with Gasteiger partial charge in [-0.25, -0.2) is 14.0 Å². The Morgan fingerprint density at radius 2 is 1.59 bits per heavy atom. The van der Waals surface area contributed by atoms with Crippen molar-refractivity contribution in [1.82, 2.24) is 9.80 Å². The fourth-order valence-electron chi connectivity index (χ4n) is 2.53. The second-order valence-electron chi connectivity index (χ2n) is 5.75. The molecule has 0 aliphatic carbocycles. The summed E-state index contributed by atoms with van der Waals surface area (Å²) in [7, 11) is 0. The van der Waals surface area contributed by atoms with E-state index in [-0.39, 0.29) is 11.7 Å². The molecule has 0 spiro atoms. The lowest BCUT2D eigenvalue weighted by molar-refractivity contribution is -0.159. The minimum absolute atomic E-state index is 0.107. The van der Waals surface area contributed by atoms with E-state index in [1.807, 2.05) is 34.5 Å². The van der Waals surface area contributed by atoms with Gasteiger partial charge in [0.2, 0.25) is 0 Å². The van der Waals surface area contributed by atoms with Gasteiger partial charge in [0.05, 0.1) is 4.88 Å². The van der Waals surface area contributed by atoms with E-state index in [0.29, 0.717) is 19.6 Å². The number of halogens is 1. The lowest BCUT2D eigenvalue weighted by Gasteiger charge is -2.34. The van der Waals surface area contributed by atoms with Crippen LogP contribution in [-0.2, 0) is 16.1 Å². The number of piperazine rings is 1. The normalized spacial score (nSPS) is 14.2. The summed E-state index contributed by atoms with van der Waals surface area (Å²) in [6, 6.07) is 10.6. The summed E-state index contributed by atoms with van der Waals surface area (Å²) in [5, 5.41) is 16.7. The topological polar surface area (TPSA) is 98.1 Å². The second-order valence-corrected chi connectivity index (χ2v) is 6.70. The van der Waals surface area contributed by atoms with Crippen molar-refractivity contribution >= 4 is 29.2 Å². The largest absolute Gasteiger partial charge is 0.473 e. The molecule has 2 aromatic rings. The van der Waals surface area contributed by atoms with Gasteiger partial charge in [0.1, 0.15) is 5.82 Å². The van der Waals surface area contributed by atoms with E-state index in [0.717, 1.165) is 23.5 Å². The third-order valence-corrected chi connectivity index (χ3v) is 4.78. The lowest BCUT2D eigenvalue weighted by Crippen LogP contribution is -2.48. The van der Waals surface area contributed by atoms with Crippen LogP contribution >= 0.6 is 11.3 Å². The Bertz CT molecular complexity index is 777. The zero-order valence-corrected chi connectivity index (χ0v) is 15.2. The molecule has 0 saturated carbocycles. The van der Waals surface area contributed by atoms with E-state index >= 15 is 0 Å². The number of thiophene rings is 1. The first-order valence-electron chi connectivity index (χ1n) is 8.13. The van der Waals surface area contributed by atoms with Gasteiger partial charge in [-0.3, -0.25) is 9.69 Å². The molecule has 27 heavy (non-hydrogen) atoms. The van der Waals surface area contributed by atoms with Gasteiger partial charge >= 0.3 is 11.9 Å². The molecular formula is C18H19FN2O5S. The Morgan fingerprint density at radius 1 is 0.963 bits per heavy atom. The number of hydrogen-bond donors (Lipinski definition) is 2. The van der Waals surface area contributed by atoms with Crippen LogP contribution in [0.15, 0.2) is 41.8 Å². The molecule has 0 unspecified atom stereocenters. The Kier molecular flexibility index (Phi) is 7.44. The zero-order valence-electron chi connectivity index (χ0n) is 14.4. The average Bonchev–Trinajstić information content (AvgIpc) is 3.19. The standard InChI is InChI=1S/C16H17FN2OS.C2H2O4/c17-14-5-2-1-4-13(14)12-18-7-9-19(10-8-18)16(20)15-6-3-11-21-15;3-1(4)2(5)6/h1-6,11H,7-10,12H2;(H,3,4)(H,5,6). The first kappa shape index (κ1) is 20.5. The zero-order chi connectivity index (χ0) is 19.8. The SMILES string of the molecule is O=C(O)C(=O)O.O=C(c1cccs1)N1CCN(Cc2ccccc2F)CC1. The van der Waals surface area contributed by atoms with Crippen LogP contribution in [-0.4, -0.2) is 64.0 Å². The Labute approximate surface area is 159 Å². The molecule has 0 atom stereocenters. The van der Waals surface area contributed by atoms with E-state index < -0.39 is 11.9 Å². The number of carboxylic acid groups (broad SMARTS) is 2. The number of amides is 1. The predicted octanol–water partition coefficient (Wildman–Crippen LogP) is 2.00. The minimum atomic E-state index is -1.82. The molecule has 0 bridgehead atoms. The summed E-state index contributed by atoms with van der Waals surface area (Å²) >= 11 is 1.48. The number of carbonyl (C=O) groups is 3. The van der Waals surface area contributed by atoms with Gasteiger partial charge in [-0.15, -0.1) is 11.3 Å². The highest BCUT2D eigenvalue weighted by Crippen LogP contribution is 2.16. The van der Waals surface area contributed by atoms with Gasteiger partial charge in [-0.1, -0.05) is 24.3 Å². The first-order chi connectivity index (χ1) is 12.9. The maximum Gasteiger partial charge on any atom is 0.414 e. The molecule has 9 heteroatoms. The maximum atomic E-state index is 13.6. The van der Waals surface area contributed by atoms with Gasteiger partial charge in [0.25, 0.3) is 5.91 Å². The van der Waals surface area contributed by atoms with Crippen molar-refractivity contribution in [1.29, 1.82) is 0 Å². The average molecular weight is 394 g/mol. The molecule has 1 fully saturated rings. The molecule has 2 heterocycles. The van der Waals surface area contributed by atoms with Crippen LogP contribution in [0.3, 0.4) is 0 Å². The second kappa shape index (κ2) is 9.79. The number of rotatable bonds is 3. The highest BCUT2D eigenvalue weighted by atomic mass is 32.1. The van der Waals surface area contributed by atoms with E-state index in [9.17, 15) is 9.18 Å². The van der Waals surface area contributed by atoms with E-state index in [1.54, 1.807) is 6.07 Å². The molecule has 1 saturated heterocycles. The van der Waals surface area contributed by atoms with Crippen molar-refractivity contribution in [3.8, 4) is 0 Å². The van der Waals surface area contributed by atoms with Crippen molar-refractivity contribution in [3.05, 3.63) is 58.0 Å². The van der Waals surface area contributed by atoms with Crippen LogP contribution in [0, 0.1) is 5.82 Å². The summed E-state index contributed by atoms with van der Waals surface area (Å²) in [6.07, 6.45) is 0. The van der Waals surface area contributed by atoms with Crippen LogP contribution in [0.1, 0.15) is 15.2 Å². The Hall–Kier alpha value is -2.78. The van der Waals surface area contributed by atoms with Gasteiger partial charge < -0.3 is 15.1 Å². The summed E-state index contributed by atoms with van der Waals surface area (Å²) in [5.41, 5.74) is 0.718. The van der Waals surface area contributed by atoms with Crippen molar-refractivity contribution in [2.24, 2.45) is 0 Å². The van der Waals surface area contributed by atoms with Gasteiger partial charge in [0.15, 0.2) is 0 Å². The summed E-state index contributed by atoms with van der Waals surface area (Å²) in [5.74, 6) is -3.70. The maximum absolute atomic E-state index is 13.6.